The van der Waals surface area contributed by atoms with Gasteiger partial charge in [-0.3, -0.25) is 0 Å². The van der Waals surface area contributed by atoms with Crippen molar-refractivity contribution in [1.29, 1.82) is 0 Å². The van der Waals surface area contributed by atoms with Crippen LogP contribution in [-0.4, -0.2) is 26.2 Å². The molecular weight excluding hydrogens is 274 g/mol. The van der Waals surface area contributed by atoms with Crippen molar-refractivity contribution in [1.82, 2.24) is 4.72 Å². The van der Waals surface area contributed by atoms with E-state index in [4.69, 9.17) is 0 Å². The first-order chi connectivity index (χ1) is 8.99. The second-order valence-electron chi connectivity index (χ2n) is 6.45. The summed E-state index contributed by atoms with van der Waals surface area (Å²) in [5, 5.41) is 9.43. The Bertz CT molecular complexity index is 563. The number of rotatable bonds is 4. The first-order valence-electron chi connectivity index (χ1n) is 6.70. The van der Waals surface area contributed by atoms with E-state index >= 15 is 0 Å². The summed E-state index contributed by atoms with van der Waals surface area (Å²) in [4.78, 5) is 0.311. The predicted molar refractivity (Wildman–Crippen MR) is 81.3 cm³/mol. The van der Waals surface area contributed by atoms with Gasteiger partial charge in [-0.05, 0) is 37.3 Å². The number of nitrogens with one attached hydrogen (secondary N) is 1. The van der Waals surface area contributed by atoms with Crippen molar-refractivity contribution in [3.8, 4) is 0 Å². The molecule has 0 saturated carbocycles. The lowest BCUT2D eigenvalue weighted by Crippen LogP contribution is -2.46. The summed E-state index contributed by atoms with van der Waals surface area (Å²) in [7, 11) is -3.64. The maximum absolute atomic E-state index is 12.6. The van der Waals surface area contributed by atoms with Gasteiger partial charge in [0.25, 0.3) is 0 Å². The van der Waals surface area contributed by atoms with Gasteiger partial charge in [-0.1, -0.05) is 38.5 Å². The van der Waals surface area contributed by atoms with Gasteiger partial charge in [-0.15, -0.1) is 0 Å². The standard InChI is InChI=1S/C15H25NO3S/c1-10-7-11(2)14(12(3)8-10)20(18,19)16-13(9-17)15(4,5)6/h7-8,13,16-17H,9H2,1-6H3/t13-/m1/s1. The predicted octanol–water partition coefficient (Wildman–Crippen LogP) is 2.30. The molecule has 0 aliphatic carbocycles. The monoisotopic (exact) mass is 299 g/mol. The SMILES string of the molecule is Cc1cc(C)c(S(=O)(=O)N[C@H](CO)C(C)(C)C)c(C)c1. The fourth-order valence-corrected chi connectivity index (χ4v) is 4.21. The Kier molecular flexibility index (Phi) is 5.00. The third-order valence-corrected chi connectivity index (χ3v) is 5.17. The van der Waals surface area contributed by atoms with Crippen LogP contribution in [0.15, 0.2) is 17.0 Å². The highest BCUT2D eigenvalue weighted by Gasteiger charge is 2.30. The molecule has 1 aromatic rings. The third-order valence-electron chi connectivity index (χ3n) is 3.40. The number of hydrogen-bond donors (Lipinski definition) is 2. The zero-order valence-electron chi connectivity index (χ0n) is 13.1. The molecule has 0 bridgehead atoms. The maximum Gasteiger partial charge on any atom is 0.241 e. The van der Waals surface area contributed by atoms with Crippen LogP contribution >= 0.6 is 0 Å². The summed E-state index contributed by atoms with van der Waals surface area (Å²) in [6.45, 7) is 11.0. The number of aliphatic hydroxyl groups excluding tert-OH is 1. The fourth-order valence-electron chi connectivity index (χ4n) is 2.32. The highest BCUT2D eigenvalue weighted by molar-refractivity contribution is 7.89. The normalized spacial score (nSPS) is 14.3. The third kappa shape index (κ3) is 3.81. The molecule has 0 aromatic heterocycles. The minimum Gasteiger partial charge on any atom is -0.395 e. The van der Waals surface area contributed by atoms with E-state index in [1.165, 1.54) is 0 Å². The van der Waals surface area contributed by atoms with Crippen LogP contribution in [0.2, 0.25) is 0 Å². The molecule has 0 heterocycles. The average molecular weight is 299 g/mol. The van der Waals surface area contributed by atoms with E-state index in [1.54, 1.807) is 13.8 Å². The van der Waals surface area contributed by atoms with E-state index in [0.29, 0.717) is 4.90 Å². The molecule has 1 aromatic carbocycles. The second-order valence-corrected chi connectivity index (χ2v) is 8.10. The van der Waals surface area contributed by atoms with Gasteiger partial charge in [-0.2, -0.15) is 0 Å². The number of aryl methyl sites for hydroxylation is 3. The van der Waals surface area contributed by atoms with Crippen molar-refractivity contribution < 1.29 is 13.5 Å². The van der Waals surface area contributed by atoms with Crippen molar-refractivity contribution in [2.24, 2.45) is 5.41 Å². The summed E-state index contributed by atoms with van der Waals surface area (Å²) in [6.07, 6.45) is 0. The number of sulfonamides is 1. The molecular formula is C15H25NO3S. The van der Waals surface area contributed by atoms with E-state index in [0.717, 1.165) is 16.7 Å². The molecule has 4 nitrogen and oxygen atoms in total. The van der Waals surface area contributed by atoms with Gasteiger partial charge in [0.2, 0.25) is 10.0 Å². The van der Waals surface area contributed by atoms with Crippen LogP contribution in [0.5, 0.6) is 0 Å². The lowest BCUT2D eigenvalue weighted by Gasteiger charge is -2.30. The Morgan fingerprint density at radius 1 is 1.15 bits per heavy atom. The van der Waals surface area contributed by atoms with Crippen molar-refractivity contribution in [2.75, 3.05) is 6.61 Å². The first kappa shape index (κ1) is 17.1. The van der Waals surface area contributed by atoms with Crippen LogP contribution in [-0.2, 0) is 10.0 Å². The lowest BCUT2D eigenvalue weighted by atomic mass is 9.88. The molecule has 5 heteroatoms. The Balaban J connectivity index is 3.25. The Labute approximate surface area is 122 Å². The quantitative estimate of drug-likeness (QED) is 0.896. The maximum atomic E-state index is 12.6. The summed E-state index contributed by atoms with van der Waals surface area (Å²) >= 11 is 0. The number of hydrogen-bond acceptors (Lipinski definition) is 3. The molecule has 1 atom stereocenters. The van der Waals surface area contributed by atoms with Crippen LogP contribution in [0.1, 0.15) is 37.5 Å². The second kappa shape index (κ2) is 5.84. The van der Waals surface area contributed by atoms with Crippen molar-refractivity contribution in [2.45, 2.75) is 52.5 Å². The molecule has 0 spiro atoms. The zero-order valence-corrected chi connectivity index (χ0v) is 13.9. The first-order valence-corrected chi connectivity index (χ1v) is 8.18. The summed E-state index contributed by atoms with van der Waals surface area (Å²) in [5.74, 6) is 0. The Morgan fingerprint density at radius 2 is 1.60 bits per heavy atom. The van der Waals surface area contributed by atoms with E-state index in [1.807, 2.05) is 39.8 Å². The van der Waals surface area contributed by atoms with Crippen molar-refractivity contribution >= 4 is 10.0 Å². The highest BCUT2D eigenvalue weighted by atomic mass is 32.2. The van der Waals surface area contributed by atoms with Crippen LogP contribution in [0.3, 0.4) is 0 Å². The van der Waals surface area contributed by atoms with Gasteiger partial charge >= 0.3 is 0 Å². The lowest BCUT2D eigenvalue weighted by molar-refractivity contribution is 0.177. The van der Waals surface area contributed by atoms with Crippen LogP contribution in [0, 0.1) is 26.2 Å². The minimum atomic E-state index is -3.64. The van der Waals surface area contributed by atoms with Crippen molar-refractivity contribution in [3.63, 3.8) is 0 Å². The molecule has 114 valence electrons. The fraction of sp³-hybridized carbons (Fsp3) is 0.600. The van der Waals surface area contributed by atoms with Crippen LogP contribution < -0.4 is 4.72 Å². The largest absolute Gasteiger partial charge is 0.395 e. The van der Waals surface area contributed by atoms with Crippen molar-refractivity contribution in [3.05, 3.63) is 28.8 Å². The Hall–Kier alpha value is -0.910. The van der Waals surface area contributed by atoms with Crippen LogP contribution in [0.25, 0.3) is 0 Å². The van der Waals surface area contributed by atoms with E-state index in [9.17, 15) is 13.5 Å². The summed E-state index contributed by atoms with van der Waals surface area (Å²) < 4.78 is 27.8. The van der Waals surface area contributed by atoms with E-state index in [2.05, 4.69) is 4.72 Å². The van der Waals surface area contributed by atoms with Gasteiger partial charge in [0.1, 0.15) is 0 Å². The Morgan fingerprint density at radius 3 is 1.95 bits per heavy atom. The summed E-state index contributed by atoms with van der Waals surface area (Å²) in [6, 6.07) is 3.19. The topological polar surface area (TPSA) is 66.4 Å². The molecule has 0 saturated heterocycles. The molecule has 2 N–H and O–H groups in total. The molecule has 0 amide bonds. The molecule has 0 fully saturated rings. The molecule has 0 radical (unpaired) electrons. The van der Waals surface area contributed by atoms with Crippen LogP contribution in [0.4, 0.5) is 0 Å². The molecule has 0 unspecified atom stereocenters. The minimum absolute atomic E-state index is 0.229. The highest BCUT2D eigenvalue weighted by Crippen LogP contribution is 2.25. The molecule has 1 rings (SSSR count). The van der Waals surface area contributed by atoms with Gasteiger partial charge in [0.05, 0.1) is 11.5 Å². The smallest absolute Gasteiger partial charge is 0.241 e. The van der Waals surface area contributed by atoms with Gasteiger partial charge in [-0.25, -0.2) is 13.1 Å². The van der Waals surface area contributed by atoms with Gasteiger partial charge < -0.3 is 5.11 Å². The number of benzene rings is 1. The van der Waals surface area contributed by atoms with E-state index in [-0.39, 0.29) is 12.0 Å². The zero-order chi connectivity index (χ0) is 15.7. The van der Waals surface area contributed by atoms with Gasteiger partial charge in [0, 0.05) is 6.04 Å². The molecule has 0 aliphatic rings. The summed E-state index contributed by atoms with van der Waals surface area (Å²) in [5.41, 5.74) is 2.13. The average Bonchev–Trinajstić information content (AvgIpc) is 2.22. The number of aliphatic hydroxyl groups is 1. The molecule has 0 aliphatic heterocycles. The van der Waals surface area contributed by atoms with E-state index < -0.39 is 16.1 Å². The molecule has 20 heavy (non-hydrogen) atoms. The van der Waals surface area contributed by atoms with Gasteiger partial charge in [0.15, 0.2) is 0 Å².